The van der Waals surface area contributed by atoms with E-state index in [1.54, 1.807) is 11.8 Å². The van der Waals surface area contributed by atoms with Crippen molar-refractivity contribution in [2.24, 2.45) is 5.92 Å². The van der Waals surface area contributed by atoms with Crippen LogP contribution < -0.4 is 5.73 Å². The van der Waals surface area contributed by atoms with E-state index in [9.17, 15) is 0 Å². The molecule has 0 spiro atoms. The standard InChI is InChI=1S/C17H23N3OS2/c1-10-5-6-12-13(8-10)23-16-14(12)15(18)19-17(20-16)22-9-11-4-2-3-7-21-11/h10-11H,2-9H2,1H3,(H2,18,19,20). The van der Waals surface area contributed by atoms with Gasteiger partial charge in [0.05, 0.1) is 11.5 Å². The Morgan fingerprint density at radius 3 is 3.04 bits per heavy atom. The van der Waals surface area contributed by atoms with Crippen molar-refractivity contribution >= 4 is 39.1 Å². The number of thiophene rings is 1. The first-order valence-electron chi connectivity index (χ1n) is 8.53. The van der Waals surface area contributed by atoms with Crippen molar-refractivity contribution in [3.63, 3.8) is 0 Å². The van der Waals surface area contributed by atoms with Gasteiger partial charge in [0.15, 0.2) is 5.16 Å². The Balaban J connectivity index is 1.57. The molecule has 4 rings (SSSR count). The molecule has 2 aromatic heterocycles. The molecule has 23 heavy (non-hydrogen) atoms. The molecule has 6 heteroatoms. The lowest BCUT2D eigenvalue weighted by atomic mass is 9.89. The Kier molecular flexibility index (Phi) is 4.48. The van der Waals surface area contributed by atoms with Crippen LogP contribution in [0.4, 0.5) is 5.82 Å². The average molecular weight is 350 g/mol. The number of anilines is 1. The predicted octanol–water partition coefficient (Wildman–Crippen LogP) is 4.06. The molecular weight excluding hydrogens is 326 g/mol. The highest BCUT2D eigenvalue weighted by molar-refractivity contribution is 7.99. The van der Waals surface area contributed by atoms with Gasteiger partial charge in [-0.1, -0.05) is 18.7 Å². The third-order valence-corrected chi connectivity index (χ3v) is 6.96. The number of aromatic nitrogens is 2. The van der Waals surface area contributed by atoms with E-state index in [1.165, 1.54) is 29.7 Å². The Hall–Kier alpha value is -0.850. The molecule has 1 aliphatic carbocycles. The average Bonchev–Trinajstić information content (AvgIpc) is 2.91. The smallest absolute Gasteiger partial charge is 0.190 e. The number of rotatable bonds is 3. The van der Waals surface area contributed by atoms with Gasteiger partial charge in [-0.2, -0.15) is 0 Å². The summed E-state index contributed by atoms with van der Waals surface area (Å²) >= 11 is 3.50. The third-order valence-electron chi connectivity index (χ3n) is 4.83. The lowest BCUT2D eigenvalue weighted by Gasteiger charge is -2.21. The molecule has 0 aromatic carbocycles. The number of nitrogens with zero attached hydrogens (tertiary/aromatic N) is 2. The molecule has 0 bridgehead atoms. The number of hydrogen-bond donors (Lipinski definition) is 1. The molecule has 0 radical (unpaired) electrons. The van der Waals surface area contributed by atoms with Crippen molar-refractivity contribution in [1.29, 1.82) is 0 Å². The maximum atomic E-state index is 6.28. The molecule has 1 saturated heterocycles. The highest BCUT2D eigenvalue weighted by Crippen LogP contribution is 2.40. The van der Waals surface area contributed by atoms with Crippen molar-refractivity contribution < 1.29 is 4.74 Å². The Morgan fingerprint density at radius 1 is 1.30 bits per heavy atom. The van der Waals surface area contributed by atoms with E-state index in [4.69, 9.17) is 15.5 Å². The van der Waals surface area contributed by atoms with E-state index in [0.29, 0.717) is 11.9 Å². The van der Waals surface area contributed by atoms with Crippen molar-refractivity contribution in [2.45, 2.75) is 56.7 Å². The fourth-order valence-electron chi connectivity index (χ4n) is 3.52. The van der Waals surface area contributed by atoms with Gasteiger partial charge >= 0.3 is 0 Å². The first-order chi connectivity index (χ1) is 11.2. The van der Waals surface area contributed by atoms with E-state index in [2.05, 4.69) is 11.9 Å². The zero-order valence-electron chi connectivity index (χ0n) is 13.5. The van der Waals surface area contributed by atoms with Crippen molar-refractivity contribution in [3.05, 3.63) is 10.4 Å². The number of ether oxygens (including phenoxy) is 1. The van der Waals surface area contributed by atoms with E-state index in [1.807, 2.05) is 11.3 Å². The SMILES string of the molecule is CC1CCc2c(sc3nc(SCC4CCCCO4)nc(N)c23)C1. The van der Waals surface area contributed by atoms with Gasteiger partial charge in [-0.3, -0.25) is 0 Å². The number of nitrogen functional groups attached to an aromatic ring is 1. The zero-order chi connectivity index (χ0) is 15.8. The summed E-state index contributed by atoms with van der Waals surface area (Å²) in [7, 11) is 0. The molecule has 2 N–H and O–H groups in total. The van der Waals surface area contributed by atoms with E-state index >= 15 is 0 Å². The van der Waals surface area contributed by atoms with Crippen LogP contribution in [0.25, 0.3) is 10.2 Å². The summed E-state index contributed by atoms with van der Waals surface area (Å²) in [6, 6.07) is 0. The summed E-state index contributed by atoms with van der Waals surface area (Å²) in [5.41, 5.74) is 7.69. The van der Waals surface area contributed by atoms with Gasteiger partial charge in [-0.05, 0) is 50.0 Å². The van der Waals surface area contributed by atoms with Crippen LogP contribution in [0, 0.1) is 5.92 Å². The lowest BCUT2D eigenvalue weighted by molar-refractivity contribution is 0.0315. The summed E-state index contributed by atoms with van der Waals surface area (Å²) < 4.78 is 5.79. The van der Waals surface area contributed by atoms with Crippen LogP contribution >= 0.6 is 23.1 Å². The highest BCUT2D eigenvalue weighted by Gasteiger charge is 2.23. The summed E-state index contributed by atoms with van der Waals surface area (Å²) in [5.74, 6) is 2.35. The molecule has 2 aliphatic rings. The van der Waals surface area contributed by atoms with E-state index in [-0.39, 0.29) is 0 Å². The molecule has 2 aromatic rings. The van der Waals surface area contributed by atoms with Crippen LogP contribution in [0.3, 0.4) is 0 Å². The predicted molar refractivity (Wildman–Crippen MR) is 97.3 cm³/mol. The minimum absolute atomic E-state index is 0.340. The van der Waals surface area contributed by atoms with E-state index in [0.717, 1.165) is 52.9 Å². The highest BCUT2D eigenvalue weighted by atomic mass is 32.2. The van der Waals surface area contributed by atoms with Crippen molar-refractivity contribution in [3.8, 4) is 0 Å². The normalized spacial score (nSPS) is 24.7. The van der Waals surface area contributed by atoms with Crippen LogP contribution in [-0.2, 0) is 17.6 Å². The largest absolute Gasteiger partial charge is 0.383 e. The van der Waals surface area contributed by atoms with Gasteiger partial charge in [0.1, 0.15) is 10.6 Å². The van der Waals surface area contributed by atoms with Gasteiger partial charge in [-0.25, -0.2) is 9.97 Å². The molecule has 3 heterocycles. The number of fused-ring (bicyclic) bond motifs is 3. The van der Waals surface area contributed by atoms with Gasteiger partial charge in [0.2, 0.25) is 0 Å². The first kappa shape index (κ1) is 15.7. The van der Waals surface area contributed by atoms with Gasteiger partial charge in [-0.15, -0.1) is 11.3 Å². The van der Waals surface area contributed by atoms with Crippen LogP contribution in [0.15, 0.2) is 5.16 Å². The molecule has 2 atom stereocenters. The topological polar surface area (TPSA) is 61.0 Å². The van der Waals surface area contributed by atoms with Crippen LogP contribution in [-0.4, -0.2) is 28.4 Å². The van der Waals surface area contributed by atoms with Gasteiger partial charge < -0.3 is 10.5 Å². The van der Waals surface area contributed by atoms with Crippen molar-refractivity contribution in [2.75, 3.05) is 18.1 Å². The van der Waals surface area contributed by atoms with Gasteiger partial charge in [0, 0.05) is 17.2 Å². The maximum Gasteiger partial charge on any atom is 0.190 e. The molecule has 4 nitrogen and oxygen atoms in total. The number of nitrogens with two attached hydrogens (primary N) is 1. The molecule has 0 amide bonds. The maximum absolute atomic E-state index is 6.28. The summed E-state index contributed by atoms with van der Waals surface area (Å²) in [6.07, 6.45) is 7.47. The summed E-state index contributed by atoms with van der Waals surface area (Å²) in [5, 5.41) is 1.92. The number of aryl methyl sites for hydroxylation is 1. The monoisotopic (exact) mass is 349 g/mol. The first-order valence-corrected chi connectivity index (χ1v) is 10.3. The minimum atomic E-state index is 0.340. The summed E-state index contributed by atoms with van der Waals surface area (Å²) in [4.78, 5) is 11.9. The fraction of sp³-hybridized carbons (Fsp3) is 0.647. The molecule has 2 unspecified atom stereocenters. The van der Waals surface area contributed by atoms with Crippen LogP contribution in [0.2, 0.25) is 0 Å². The number of thioether (sulfide) groups is 1. The Bertz CT molecular complexity index is 709. The van der Waals surface area contributed by atoms with Crippen LogP contribution in [0.5, 0.6) is 0 Å². The minimum Gasteiger partial charge on any atom is -0.383 e. The fourth-order valence-corrected chi connectivity index (χ4v) is 5.89. The molecular formula is C17H23N3OS2. The molecule has 0 saturated carbocycles. The summed E-state index contributed by atoms with van der Waals surface area (Å²) in [6.45, 7) is 3.22. The Labute approximate surface area is 145 Å². The van der Waals surface area contributed by atoms with E-state index < -0.39 is 0 Å². The van der Waals surface area contributed by atoms with Crippen molar-refractivity contribution in [1.82, 2.24) is 9.97 Å². The second-order valence-corrected chi connectivity index (χ2v) is 8.79. The second-order valence-electron chi connectivity index (χ2n) is 6.72. The molecule has 124 valence electrons. The third kappa shape index (κ3) is 3.21. The second kappa shape index (κ2) is 6.57. The zero-order valence-corrected chi connectivity index (χ0v) is 15.1. The Morgan fingerprint density at radius 2 is 2.22 bits per heavy atom. The number of hydrogen-bond acceptors (Lipinski definition) is 6. The molecule has 1 aliphatic heterocycles. The van der Waals surface area contributed by atoms with Crippen LogP contribution in [0.1, 0.15) is 43.0 Å². The molecule has 1 fully saturated rings. The van der Waals surface area contributed by atoms with Gasteiger partial charge in [0.25, 0.3) is 0 Å². The quantitative estimate of drug-likeness (QED) is 0.669. The lowest BCUT2D eigenvalue weighted by Crippen LogP contribution is -2.21.